The van der Waals surface area contributed by atoms with Crippen LogP contribution in [0.1, 0.15) is 29.6 Å². The quantitative estimate of drug-likeness (QED) is 0.880. The van der Waals surface area contributed by atoms with Gasteiger partial charge >= 0.3 is 0 Å². The second kappa shape index (κ2) is 6.56. The van der Waals surface area contributed by atoms with Gasteiger partial charge in [0.05, 0.1) is 5.56 Å². The highest BCUT2D eigenvalue weighted by Crippen LogP contribution is 2.34. The minimum absolute atomic E-state index is 0.0512. The number of benzene rings is 2. The molecule has 2 aliphatic heterocycles. The van der Waals surface area contributed by atoms with Crippen LogP contribution in [0.5, 0.6) is 11.5 Å². The molecule has 0 aromatic heterocycles. The van der Waals surface area contributed by atoms with Gasteiger partial charge < -0.3 is 19.8 Å². The van der Waals surface area contributed by atoms with Gasteiger partial charge in [-0.25, -0.2) is 0 Å². The van der Waals surface area contributed by atoms with Gasteiger partial charge in [-0.05, 0) is 54.7 Å². The van der Waals surface area contributed by atoms with Crippen molar-refractivity contribution in [3.05, 3.63) is 35.9 Å². The third-order valence-corrected chi connectivity index (χ3v) is 5.67. The Morgan fingerprint density at radius 1 is 1.04 bits per heavy atom. The minimum atomic E-state index is -0.135. The first-order valence-electron chi connectivity index (χ1n) is 8.95. The van der Waals surface area contributed by atoms with Gasteiger partial charge in [0.25, 0.3) is 5.91 Å². The van der Waals surface area contributed by atoms with E-state index in [0.717, 1.165) is 51.0 Å². The predicted octanol–water partition coefficient (Wildman–Crippen LogP) is 3.14. The molecular formula is C20H23NO4. The predicted molar refractivity (Wildman–Crippen MR) is 94.8 cm³/mol. The number of piperidine rings is 1. The number of fused-ring (bicyclic) bond motifs is 1. The molecule has 25 heavy (non-hydrogen) atoms. The molecule has 1 amide bonds. The monoisotopic (exact) mass is 341 g/mol. The molecule has 0 saturated carbocycles. The summed E-state index contributed by atoms with van der Waals surface area (Å²) in [6.07, 6.45) is 3.12. The molecule has 0 spiro atoms. The number of phenols is 2. The van der Waals surface area contributed by atoms with Crippen molar-refractivity contribution in [3.8, 4) is 11.5 Å². The van der Waals surface area contributed by atoms with Gasteiger partial charge in [-0.15, -0.1) is 0 Å². The standard InChI is InChI=1S/C20H23NO4/c22-16-3-1-14-2-4-17(19(23)18(14)11-16)20(24)21-8-5-13(6-9-21)15-7-10-25-12-15/h1-4,11,13,15,22-23H,5-10,12H2. The van der Waals surface area contributed by atoms with Crippen LogP contribution < -0.4 is 0 Å². The number of nitrogens with zero attached hydrogens (tertiary/aromatic N) is 1. The minimum Gasteiger partial charge on any atom is -0.508 e. The van der Waals surface area contributed by atoms with Crippen LogP contribution in [-0.2, 0) is 4.74 Å². The van der Waals surface area contributed by atoms with Crippen LogP contribution in [0.3, 0.4) is 0 Å². The molecule has 1 atom stereocenters. The summed E-state index contributed by atoms with van der Waals surface area (Å²) in [7, 11) is 0. The Bertz CT molecular complexity index is 790. The molecule has 0 bridgehead atoms. The summed E-state index contributed by atoms with van der Waals surface area (Å²) < 4.78 is 5.49. The Morgan fingerprint density at radius 2 is 1.80 bits per heavy atom. The van der Waals surface area contributed by atoms with Gasteiger partial charge in [-0.1, -0.05) is 12.1 Å². The Morgan fingerprint density at radius 3 is 2.52 bits per heavy atom. The lowest BCUT2D eigenvalue weighted by atomic mass is 9.84. The zero-order valence-electron chi connectivity index (χ0n) is 14.1. The molecule has 4 rings (SSSR count). The maximum absolute atomic E-state index is 12.9. The van der Waals surface area contributed by atoms with E-state index in [2.05, 4.69) is 0 Å². The lowest BCUT2D eigenvalue weighted by molar-refractivity contribution is 0.0646. The summed E-state index contributed by atoms with van der Waals surface area (Å²) >= 11 is 0. The first-order valence-corrected chi connectivity index (χ1v) is 8.95. The Labute approximate surface area is 146 Å². The van der Waals surface area contributed by atoms with E-state index in [1.807, 2.05) is 11.0 Å². The van der Waals surface area contributed by atoms with Crippen molar-refractivity contribution >= 4 is 16.7 Å². The molecule has 2 N–H and O–H groups in total. The first-order chi connectivity index (χ1) is 12.1. The van der Waals surface area contributed by atoms with E-state index in [0.29, 0.717) is 22.8 Å². The van der Waals surface area contributed by atoms with E-state index in [-0.39, 0.29) is 17.4 Å². The van der Waals surface area contributed by atoms with Crippen LogP contribution in [0.4, 0.5) is 0 Å². The zero-order valence-corrected chi connectivity index (χ0v) is 14.1. The summed E-state index contributed by atoms with van der Waals surface area (Å²) in [4.78, 5) is 14.7. The molecule has 5 heteroatoms. The molecule has 2 saturated heterocycles. The molecule has 2 fully saturated rings. The van der Waals surface area contributed by atoms with E-state index >= 15 is 0 Å². The van der Waals surface area contributed by atoms with Gasteiger partial charge in [-0.2, -0.15) is 0 Å². The fourth-order valence-electron chi connectivity index (χ4n) is 4.13. The summed E-state index contributed by atoms with van der Waals surface area (Å²) in [5.74, 6) is 1.16. The largest absolute Gasteiger partial charge is 0.508 e. The second-order valence-electron chi connectivity index (χ2n) is 7.12. The smallest absolute Gasteiger partial charge is 0.257 e. The van der Waals surface area contributed by atoms with Crippen molar-refractivity contribution in [1.82, 2.24) is 4.90 Å². The molecule has 0 radical (unpaired) electrons. The average Bonchev–Trinajstić information content (AvgIpc) is 3.17. The summed E-state index contributed by atoms with van der Waals surface area (Å²) in [5.41, 5.74) is 0.306. The van der Waals surface area contributed by atoms with Crippen molar-refractivity contribution in [3.63, 3.8) is 0 Å². The third kappa shape index (κ3) is 3.04. The number of carbonyl (C=O) groups is 1. The average molecular weight is 341 g/mol. The van der Waals surface area contributed by atoms with E-state index in [9.17, 15) is 15.0 Å². The van der Waals surface area contributed by atoms with Crippen LogP contribution in [-0.4, -0.2) is 47.3 Å². The molecule has 2 aromatic carbocycles. The van der Waals surface area contributed by atoms with E-state index in [4.69, 9.17) is 4.74 Å². The van der Waals surface area contributed by atoms with Gasteiger partial charge in [0.15, 0.2) is 0 Å². The lowest BCUT2D eigenvalue weighted by Gasteiger charge is -2.34. The SMILES string of the molecule is O=C(c1ccc2ccc(O)cc2c1O)N1CCC(C2CCOC2)CC1. The fourth-order valence-corrected chi connectivity index (χ4v) is 4.13. The maximum Gasteiger partial charge on any atom is 0.257 e. The molecule has 0 aliphatic carbocycles. The number of rotatable bonds is 2. The molecular weight excluding hydrogens is 318 g/mol. The number of aromatic hydroxyl groups is 2. The van der Waals surface area contributed by atoms with Crippen LogP contribution >= 0.6 is 0 Å². The van der Waals surface area contributed by atoms with E-state index in [1.165, 1.54) is 6.07 Å². The van der Waals surface area contributed by atoms with Crippen LogP contribution in [0, 0.1) is 11.8 Å². The fraction of sp³-hybridized carbons (Fsp3) is 0.450. The number of phenolic OH excluding ortho intramolecular Hbond substituents is 2. The Hall–Kier alpha value is -2.27. The van der Waals surface area contributed by atoms with Gasteiger partial charge in [0.2, 0.25) is 0 Å². The topological polar surface area (TPSA) is 70.0 Å². The zero-order chi connectivity index (χ0) is 17.4. The van der Waals surface area contributed by atoms with Crippen LogP contribution in [0.15, 0.2) is 30.3 Å². The molecule has 2 aromatic rings. The van der Waals surface area contributed by atoms with Crippen molar-refractivity contribution in [2.24, 2.45) is 11.8 Å². The second-order valence-corrected chi connectivity index (χ2v) is 7.12. The number of hydrogen-bond donors (Lipinski definition) is 2. The number of carbonyl (C=O) groups excluding carboxylic acids is 1. The van der Waals surface area contributed by atoms with Gasteiger partial charge in [0, 0.05) is 31.7 Å². The highest BCUT2D eigenvalue weighted by Gasteiger charge is 2.31. The van der Waals surface area contributed by atoms with E-state index in [1.54, 1.807) is 18.2 Å². The summed E-state index contributed by atoms with van der Waals surface area (Å²) in [5, 5.41) is 21.5. The van der Waals surface area contributed by atoms with Crippen molar-refractivity contribution in [2.45, 2.75) is 19.3 Å². The van der Waals surface area contributed by atoms with Crippen molar-refractivity contribution in [2.75, 3.05) is 26.3 Å². The normalized spacial score (nSPS) is 21.8. The summed E-state index contributed by atoms with van der Waals surface area (Å²) in [6.45, 7) is 3.16. The van der Waals surface area contributed by atoms with Crippen molar-refractivity contribution < 1.29 is 19.7 Å². The maximum atomic E-state index is 12.9. The molecule has 132 valence electrons. The highest BCUT2D eigenvalue weighted by molar-refractivity contribution is 6.03. The number of amides is 1. The Balaban J connectivity index is 1.51. The number of hydrogen-bond acceptors (Lipinski definition) is 4. The molecule has 5 nitrogen and oxygen atoms in total. The summed E-state index contributed by atoms with van der Waals surface area (Å²) in [6, 6.07) is 8.28. The third-order valence-electron chi connectivity index (χ3n) is 5.67. The Kier molecular flexibility index (Phi) is 4.25. The first kappa shape index (κ1) is 16.2. The molecule has 1 unspecified atom stereocenters. The lowest BCUT2D eigenvalue weighted by Crippen LogP contribution is -2.40. The molecule has 2 aliphatic rings. The van der Waals surface area contributed by atoms with Crippen molar-refractivity contribution in [1.29, 1.82) is 0 Å². The van der Waals surface area contributed by atoms with Crippen LogP contribution in [0.2, 0.25) is 0 Å². The van der Waals surface area contributed by atoms with Crippen LogP contribution in [0.25, 0.3) is 10.8 Å². The number of likely N-dealkylation sites (tertiary alicyclic amines) is 1. The highest BCUT2D eigenvalue weighted by atomic mass is 16.5. The van der Waals surface area contributed by atoms with Gasteiger partial charge in [-0.3, -0.25) is 4.79 Å². The van der Waals surface area contributed by atoms with Gasteiger partial charge in [0.1, 0.15) is 11.5 Å². The molecule has 2 heterocycles. The number of ether oxygens (including phenoxy) is 1. The van der Waals surface area contributed by atoms with E-state index < -0.39 is 0 Å².